The van der Waals surface area contributed by atoms with Gasteiger partial charge in [-0.05, 0) is 96.4 Å². The fourth-order valence-corrected chi connectivity index (χ4v) is 7.00. The summed E-state index contributed by atoms with van der Waals surface area (Å²) in [6, 6.07) is 1.03. The van der Waals surface area contributed by atoms with Gasteiger partial charge in [-0.2, -0.15) is 0 Å². The summed E-state index contributed by atoms with van der Waals surface area (Å²) in [6.45, 7) is 11.6. The van der Waals surface area contributed by atoms with Crippen LogP contribution >= 0.6 is 0 Å². The van der Waals surface area contributed by atoms with E-state index >= 15 is 0 Å². The molecule has 2 aliphatic carbocycles. The van der Waals surface area contributed by atoms with Gasteiger partial charge in [0, 0.05) is 18.8 Å². The van der Waals surface area contributed by atoms with E-state index < -0.39 is 9.28 Å². The molecular formula is C24H47O3Si. The molecule has 0 aromatic carbocycles. The minimum Gasteiger partial charge on any atom is -0.391 e. The van der Waals surface area contributed by atoms with E-state index in [0.29, 0.717) is 6.10 Å². The van der Waals surface area contributed by atoms with Crippen LogP contribution in [0, 0.1) is 17.8 Å². The zero-order valence-electron chi connectivity index (χ0n) is 19.4. The standard InChI is InChI=1S/C24H47O3Si/c1-6-8-21-9-11-22(12-10-21)23-13-15-24(16-14-23)25-17-7-18-28(26-19(2)3)27-20(4)5/h19-24H,6-18H2,1-5H3. The van der Waals surface area contributed by atoms with Gasteiger partial charge in [0.05, 0.1) is 6.10 Å². The Labute approximate surface area is 177 Å². The maximum absolute atomic E-state index is 6.23. The molecule has 0 aromatic rings. The topological polar surface area (TPSA) is 27.7 Å². The molecule has 0 heterocycles. The summed E-state index contributed by atoms with van der Waals surface area (Å²) < 4.78 is 18.2. The van der Waals surface area contributed by atoms with E-state index in [0.717, 1.165) is 36.8 Å². The van der Waals surface area contributed by atoms with E-state index in [9.17, 15) is 0 Å². The predicted molar refractivity (Wildman–Crippen MR) is 120 cm³/mol. The Bertz CT molecular complexity index is 375. The highest BCUT2D eigenvalue weighted by Crippen LogP contribution is 2.41. The first kappa shape index (κ1) is 24.4. The first-order chi connectivity index (χ1) is 13.5. The molecule has 0 bridgehead atoms. The van der Waals surface area contributed by atoms with Crippen molar-refractivity contribution in [1.29, 1.82) is 0 Å². The molecule has 2 aliphatic rings. The van der Waals surface area contributed by atoms with Crippen molar-refractivity contribution in [1.82, 2.24) is 0 Å². The van der Waals surface area contributed by atoms with E-state index in [-0.39, 0.29) is 12.2 Å². The zero-order chi connectivity index (χ0) is 20.4. The molecule has 0 aromatic heterocycles. The fraction of sp³-hybridized carbons (Fsp3) is 1.00. The lowest BCUT2D eigenvalue weighted by Crippen LogP contribution is -2.30. The quantitative estimate of drug-likeness (QED) is 0.258. The fourth-order valence-electron chi connectivity index (χ4n) is 5.22. The van der Waals surface area contributed by atoms with E-state index in [1.165, 1.54) is 64.2 Å². The van der Waals surface area contributed by atoms with E-state index in [2.05, 4.69) is 34.6 Å². The first-order valence-electron chi connectivity index (χ1n) is 12.3. The second-order valence-corrected chi connectivity index (χ2v) is 11.5. The summed E-state index contributed by atoms with van der Waals surface area (Å²) >= 11 is 0. The molecule has 165 valence electrons. The maximum atomic E-state index is 6.23. The van der Waals surface area contributed by atoms with E-state index in [1.54, 1.807) is 0 Å². The molecule has 0 amide bonds. The van der Waals surface area contributed by atoms with Crippen molar-refractivity contribution in [2.75, 3.05) is 6.61 Å². The smallest absolute Gasteiger partial charge is 0.385 e. The monoisotopic (exact) mass is 411 g/mol. The molecule has 28 heavy (non-hydrogen) atoms. The van der Waals surface area contributed by atoms with Crippen LogP contribution in [0.2, 0.25) is 6.04 Å². The molecule has 2 rings (SSSR count). The van der Waals surface area contributed by atoms with Crippen LogP contribution < -0.4 is 0 Å². The molecular weight excluding hydrogens is 364 g/mol. The Kier molecular flexibility index (Phi) is 11.7. The van der Waals surface area contributed by atoms with Crippen molar-refractivity contribution >= 4 is 9.28 Å². The van der Waals surface area contributed by atoms with Crippen LogP contribution in [0.5, 0.6) is 0 Å². The summed E-state index contributed by atoms with van der Waals surface area (Å²) in [6.07, 6.45) is 16.2. The van der Waals surface area contributed by atoms with Crippen LogP contribution in [0.15, 0.2) is 0 Å². The van der Waals surface area contributed by atoms with Gasteiger partial charge in [-0.15, -0.1) is 0 Å². The highest BCUT2D eigenvalue weighted by atomic mass is 28.3. The summed E-state index contributed by atoms with van der Waals surface area (Å²) in [4.78, 5) is 0. The van der Waals surface area contributed by atoms with Crippen molar-refractivity contribution < 1.29 is 13.6 Å². The SMILES string of the molecule is CCCC1CCC(C2CCC(OCCC[Si](OC(C)C)OC(C)C)CC2)CC1. The van der Waals surface area contributed by atoms with Crippen LogP contribution in [0.25, 0.3) is 0 Å². The maximum Gasteiger partial charge on any atom is 0.385 e. The number of ether oxygens (including phenoxy) is 1. The van der Waals surface area contributed by atoms with Gasteiger partial charge in [0.25, 0.3) is 0 Å². The number of hydrogen-bond donors (Lipinski definition) is 0. The molecule has 0 N–H and O–H groups in total. The third-order valence-electron chi connectivity index (χ3n) is 6.59. The van der Waals surface area contributed by atoms with Gasteiger partial charge in [0.2, 0.25) is 0 Å². The lowest BCUT2D eigenvalue weighted by atomic mass is 9.70. The largest absolute Gasteiger partial charge is 0.391 e. The Morgan fingerprint density at radius 2 is 1.32 bits per heavy atom. The molecule has 2 saturated carbocycles. The average Bonchev–Trinajstić information content (AvgIpc) is 2.66. The lowest BCUT2D eigenvalue weighted by Gasteiger charge is -2.37. The Balaban J connectivity index is 1.57. The second-order valence-electron chi connectivity index (χ2n) is 9.79. The average molecular weight is 412 g/mol. The van der Waals surface area contributed by atoms with Gasteiger partial charge in [-0.1, -0.05) is 32.6 Å². The van der Waals surface area contributed by atoms with Crippen molar-refractivity contribution in [3.05, 3.63) is 0 Å². The Hall–Kier alpha value is 0.0969. The summed E-state index contributed by atoms with van der Waals surface area (Å²) in [5.41, 5.74) is 0. The Morgan fingerprint density at radius 1 is 0.786 bits per heavy atom. The normalized spacial score (nSPS) is 29.1. The molecule has 0 saturated heterocycles. The van der Waals surface area contributed by atoms with Crippen LogP contribution in [0.1, 0.15) is 105 Å². The summed E-state index contributed by atoms with van der Waals surface area (Å²) in [5, 5.41) is 0. The Morgan fingerprint density at radius 3 is 1.82 bits per heavy atom. The van der Waals surface area contributed by atoms with E-state index in [1.807, 2.05) is 0 Å². The van der Waals surface area contributed by atoms with Crippen molar-refractivity contribution in [2.24, 2.45) is 17.8 Å². The van der Waals surface area contributed by atoms with Crippen LogP contribution in [-0.4, -0.2) is 34.2 Å². The second kappa shape index (κ2) is 13.4. The van der Waals surface area contributed by atoms with E-state index in [4.69, 9.17) is 13.6 Å². The van der Waals surface area contributed by atoms with Gasteiger partial charge < -0.3 is 13.6 Å². The minimum atomic E-state index is -1.16. The van der Waals surface area contributed by atoms with Gasteiger partial charge in [-0.25, -0.2) is 0 Å². The minimum absolute atomic E-state index is 0.251. The zero-order valence-corrected chi connectivity index (χ0v) is 20.4. The summed E-state index contributed by atoms with van der Waals surface area (Å²) in [7, 11) is -1.16. The van der Waals surface area contributed by atoms with Crippen LogP contribution in [-0.2, 0) is 13.6 Å². The van der Waals surface area contributed by atoms with Gasteiger partial charge in [-0.3, -0.25) is 0 Å². The molecule has 0 atom stereocenters. The molecule has 0 aliphatic heterocycles. The molecule has 3 nitrogen and oxygen atoms in total. The molecule has 1 radical (unpaired) electrons. The van der Waals surface area contributed by atoms with Crippen LogP contribution in [0.3, 0.4) is 0 Å². The lowest BCUT2D eigenvalue weighted by molar-refractivity contribution is 0.00631. The van der Waals surface area contributed by atoms with Gasteiger partial charge in [0.1, 0.15) is 0 Å². The highest BCUT2D eigenvalue weighted by Gasteiger charge is 2.31. The first-order valence-corrected chi connectivity index (χ1v) is 13.8. The molecule has 2 fully saturated rings. The third-order valence-corrected chi connectivity index (χ3v) is 8.82. The number of hydrogen-bond acceptors (Lipinski definition) is 3. The molecule has 4 heteroatoms. The number of rotatable bonds is 12. The van der Waals surface area contributed by atoms with Gasteiger partial charge in [0.15, 0.2) is 0 Å². The third kappa shape index (κ3) is 9.28. The molecule has 0 unspecified atom stereocenters. The predicted octanol–water partition coefficient (Wildman–Crippen LogP) is 6.90. The summed E-state index contributed by atoms with van der Waals surface area (Å²) in [5.74, 6) is 3.03. The van der Waals surface area contributed by atoms with Crippen LogP contribution in [0.4, 0.5) is 0 Å². The highest BCUT2D eigenvalue weighted by molar-refractivity contribution is 6.44. The van der Waals surface area contributed by atoms with Crippen molar-refractivity contribution in [2.45, 2.75) is 130 Å². The van der Waals surface area contributed by atoms with Gasteiger partial charge >= 0.3 is 9.28 Å². The molecule has 0 spiro atoms. The van der Waals surface area contributed by atoms with Crippen molar-refractivity contribution in [3.8, 4) is 0 Å². The van der Waals surface area contributed by atoms with Crippen molar-refractivity contribution in [3.63, 3.8) is 0 Å².